The Bertz CT molecular complexity index is 1010. The van der Waals surface area contributed by atoms with Crippen LogP contribution in [0.5, 0.6) is 5.75 Å². The van der Waals surface area contributed by atoms with Crippen LogP contribution in [0.3, 0.4) is 0 Å². The average Bonchev–Trinajstić information content (AvgIpc) is 3.32. The van der Waals surface area contributed by atoms with Crippen molar-refractivity contribution in [1.82, 2.24) is 10.2 Å². The molecule has 1 aliphatic rings. The minimum Gasteiger partial charge on any atom is -0.486 e. The number of para-hydroxylation sites is 1. The lowest BCUT2D eigenvalue weighted by Crippen LogP contribution is -2.56. The van der Waals surface area contributed by atoms with E-state index in [1.807, 2.05) is 32.9 Å². The number of ether oxygens (including phenoxy) is 1. The van der Waals surface area contributed by atoms with Crippen LogP contribution in [0.4, 0.5) is 0 Å². The second-order valence-corrected chi connectivity index (χ2v) is 10.5. The van der Waals surface area contributed by atoms with E-state index >= 15 is 0 Å². The van der Waals surface area contributed by atoms with Gasteiger partial charge in [-0.3, -0.25) is 14.4 Å². The van der Waals surface area contributed by atoms with Crippen molar-refractivity contribution >= 4 is 29.4 Å². The average molecular weight is 500 g/mol. The van der Waals surface area contributed by atoms with Gasteiger partial charge in [-0.15, -0.1) is 11.8 Å². The second kappa shape index (κ2) is 11.7. The lowest BCUT2D eigenvalue weighted by Gasteiger charge is -2.32. The van der Waals surface area contributed by atoms with E-state index in [1.165, 1.54) is 16.7 Å². The van der Waals surface area contributed by atoms with Crippen LogP contribution >= 0.6 is 11.8 Å². The smallest absolute Gasteiger partial charge is 0.253 e. The number of carbonyl (C=O) groups is 3. The summed E-state index contributed by atoms with van der Waals surface area (Å²) in [6.45, 7) is 5.21. The number of nitrogens with one attached hydrogen (secondary N) is 1. The summed E-state index contributed by atoms with van der Waals surface area (Å²) in [4.78, 5) is 40.8. The van der Waals surface area contributed by atoms with Crippen LogP contribution in [0.1, 0.15) is 32.4 Å². The Morgan fingerprint density at radius 3 is 2.31 bits per heavy atom. The van der Waals surface area contributed by atoms with Crippen LogP contribution in [0.25, 0.3) is 0 Å². The summed E-state index contributed by atoms with van der Waals surface area (Å²) in [7, 11) is 0. The van der Waals surface area contributed by atoms with Crippen molar-refractivity contribution in [2.45, 2.75) is 44.5 Å². The number of benzene rings is 2. The molecule has 0 saturated carbocycles. The van der Waals surface area contributed by atoms with Crippen molar-refractivity contribution in [3.8, 4) is 5.75 Å². The number of nitrogens with zero attached hydrogens (tertiary/aromatic N) is 1. The molecule has 3 rings (SSSR count). The lowest BCUT2D eigenvalue weighted by atomic mass is 9.85. The van der Waals surface area contributed by atoms with Crippen molar-refractivity contribution in [2.24, 2.45) is 11.7 Å². The van der Waals surface area contributed by atoms with Gasteiger partial charge in [-0.2, -0.15) is 0 Å². The van der Waals surface area contributed by atoms with E-state index in [-0.39, 0.29) is 18.4 Å². The van der Waals surface area contributed by atoms with Crippen LogP contribution in [-0.4, -0.2) is 63.5 Å². The quantitative estimate of drug-likeness (QED) is 0.483. The SMILES string of the molecule is CC(C)(C)NC(=O)[C@@H]1CSCN1C(=O)[C@@H](O)[C@@H](C(=O)COc1ccccc1)C(N)c1ccccc1. The number of nitrogens with two attached hydrogens (primary N) is 1. The number of hydrogen-bond donors (Lipinski definition) is 3. The highest BCUT2D eigenvalue weighted by Crippen LogP contribution is 2.29. The number of rotatable bonds is 9. The third-order valence-electron chi connectivity index (χ3n) is 5.63. The zero-order chi connectivity index (χ0) is 25.6. The van der Waals surface area contributed by atoms with Gasteiger partial charge in [-0.05, 0) is 38.5 Å². The zero-order valence-corrected chi connectivity index (χ0v) is 21.0. The van der Waals surface area contributed by atoms with Crippen molar-refractivity contribution < 1.29 is 24.2 Å². The minimum atomic E-state index is -1.74. The Kier molecular flexibility index (Phi) is 8.93. The number of amides is 2. The van der Waals surface area contributed by atoms with Crippen molar-refractivity contribution in [2.75, 3.05) is 18.2 Å². The first-order chi connectivity index (χ1) is 16.6. The predicted octanol–water partition coefficient (Wildman–Crippen LogP) is 2.13. The molecule has 2 amide bonds. The van der Waals surface area contributed by atoms with Crippen LogP contribution < -0.4 is 15.8 Å². The monoisotopic (exact) mass is 499 g/mol. The van der Waals surface area contributed by atoms with Gasteiger partial charge in [0.15, 0.2) is 5.78 Å². The molecule has 2 aromatic carbocycles. The Balaban J connectivity index is 1.82. The van der Waals surface area contributed by atoms with Crippen LogP contribution in [-0.2, 0) is 14.4 Å². The van der Waals surface area contributed by atoms with Gasteiger partial charge in [0.2, 0.25) is 5.91 Å². The number of hydrogen-bond acceptors (Lipinski definition) is 7. The second-order valence-electron chi connectivity index (χ2n) is 9.54. The Morgan fingerprint density at radius 1 is 1.11 bits per heavy atom. The van der Waals surface area contributed by atoms with E-state index < -0.39 is 41.3 Å². The molecule has 1 saturated heterocycles. The molecule has 8 nitrogen and oxygen atoms in total. The van der Waals surface area contributed by atoms with Gasteiger partial charge in [0, 0.05) is 17.3 Å². The van der Waals surface area contributed by atoms with Gasteiger partial charge in [-0.1, -0.05) is 48.5 Å². The van der Waals surface area contributed by atoms with E-state index in [4.69, 9.17) is 10.5 Å². The standard InChI is InChI=1S/C26H33N3O5S/c1-26(2,3)28-24(32)19-15-35-16-29(19)25(33)23(31)21(22(27)17-10-6-4-7-11-17)20(30)14-34-18-12-8-5-9-13-18/h4-13,19,21-23,31H,14-16,27H2,1-3H3,(H,28,32)/t19-,21-,22?,23-/m0/s1. The summed E-state index contributed by atoms with van der Waals surface area (Å²) in [5.74, 6) is -1.64. The molecule has 1 fully saturated rings. The molecule has 1 heterocycles. The summed E-state index contributed by atoms with van der Waals surface area (Å²) in [6.07, 6.45) is -1.74. The van der Waals surface area contributed by atoms with E-state index in [0.717, 1.165) is 0 Å². The topological polar surface area (TPSA) is 122 Å². The minimum absolute atomic E-state index is 0.236. The maximum Gasteiger partial charge on any atom is 0.253 e. The number of carbonyl (C=O) groups excluding carboxylic acids is 3. The van der Waals surface area contributed by atoms with Gasteiger partial charge in [0.1, 0.15) is 24.5 Å². The molecule has 4 atom stereocenters. The molecular weight excluding hydrogens is 466 g/mol. The fourth-order valence-electron chi connectivity index (χ4n) is 3.88. The van der Waals surface area contributed by atoms with Gasteiger partial charge in [0.25, 0.3) is 5.91 Å². The zero-order valence-electron chi connectivity index (χ0n) is 20.2. The molecule has 0 bridgehead atoms. The summed E-state index contributed by atoms with van der Waals surface area (Å²) in [6, 6.07) is 15.9. The highest BCUT2D eigenvalue weighted by molar-refractivity contribution is 7.99. The van der Waals surface area contributed by atoms with Crippen LogP contribution in [0.15, 0.2) is 60.7 Å². The maximum absolute atomic E-state index is 13.4. The molecule has 0 aliphatic carbocycles. The molecular formula is C26H33N3O5S. The van der Waals surface area contributed by atoms with Crippen molar-refractivity contribution in [3.63, 3.8) is 0 Å². The molecule has 188 valence electrons. The van der Waals surface area contributed by atoms with Crippen LogP contribution in [0, 0.1) is 5.92 Å². The maximum atomic E-state index is 13.4. The molecule has 9 heteroatoms. The predicted molar refractivity (Wildman–Crippen MR) is 136 cm³/mol. The van der Waals surface area contributed by atoms with E-state index in [2.05, 4.69) is 5.32 Å². The summed E-state index contributed by atoms with van der Waals surface area (Å²) in [5.41, 5.74) is 6.57. The fourth-order valence-corrected chi connectivity index (χ4v) is 5.04. The van der Waals surface area contributed by atoms with Crippen LogP contribution in [0.2, 0.25) is 0 Å². The van der Waals surface area contributed by atoms with Crippen molar-refractivity contribution in [1.29, 1.82) is 0 Å². The van der Waals surface area contributed by atoms with Gasteiger partial charge >= 0.3 is 0 Å². The molecule has 2 aromatic rings. The molecule has 1 aliphatic heterocycles. The summed E-state index contributed by atoms with van der Waals surface area (Å²) < 4.78 is 5.60. The van der Waals surface area contributed by atoms with E-state index in [9.17, 15) is 19.5 Å². The molecule has 0 aromatic heterocycles. The Hall–Kier alpha value is -2.88. The number of aliphatic hydroxyl groups is 1. The summed E-state index contributed by atoms with van der Waals surface area (Å²) >= 11 is 1.42. The molecule has 35 heavy (non-hydrogen) atoms. The Labute approximate surface area is 210 Å². The van der Waals surface area contributed by atoms with Gasteiger partial charge in [0.05, 0.1) is 11.8 Å². The molecule has 0 radical (unpaired) electrons. The first kappa shape index (κ1) is 26.7. The number of ketones is 1. The number of Topliss-reactive ketones (excluding diaryl/α,β-unsaturated/α-hetero) is 1. The summed E-state index contributed by atoms with van der Waals surface area (Å²) in [5, 5.41) is 14.1. The third kappa shape index (κ3) is 7.06. The van der Waals surface area contributed by atoms with E-state index in [0.29, 0.717) is 17.1 Å². The highest BCUT2D eigenvalue weighted by Gasteiger charge is 2.44. The number of aliphatic hydroxyl groups excluding tert-OH is 1. The largest absolute Gasteiger partial charge is 0.486 e. The van der Waals surface area contributed by atoms with E-state index in [1.54, 1.807) is 48.5 Å². The first-order valence-corrected chi connectivity index (χ1v) is 12.6. The highest BCUT2D eigenvalue weighted by atomic mass is 32.2. The molecule has 0 spiro atoms. The lowest BCUT2D eigenvalue weighted by molar-refractivity contribution is -0.151. The Morgan fingerprint density at radius 2 is 1.71 bits per heavy atom. The number of thioether (sulfide) groups is 1. The van der Waals surface area contributed by atoms with Gasteiger partial charge in [-0.25, -0.2) is 0 Å². The molecule has 4 N–H and O–H groups in total. The van der Waals surface area contributed by atoms with Gasteiger partial charge < -0.3 is 25.8 Å². The molecule has 1 unspecified atom stereocenters. The fraction of sp³-hybridized carbons (Fsp3) is 0.423. The first-order valence-electron chi connectivity index (χ1n) is 11.5. The van der Waals surface area contributed by atoms with Crippen molar-refractivity contribution in [3.05, 3.63) is 66.2 Å². The normalized spacial score (nSPS) is 18.4. The third-order valence-corrected chi connectivity index (χ3v) is 6.64.